The van der Waals surface area contributed by atoms with Crippen molar-refractivity contribution in [2.75, 3.05) is 6.61 Å². The highest BCUT2D eigenvalue weighted by molar-refractivity contribution is 6.31. The number of fused-ring (bicyclic) bond motifs is 1. The van der Waals surface area contributed by atoms with Crippen molar-refractivity contribution in [1.82, 2.24) is 4.98 Å². The monoisotopic (exact) mass is 171 g/mol. The second kappa shape index (κ2) is 2.36. The van der Waals surface area contributed by atoms with E-state index in [4.69, 9.17) is 16.3 Å². The van der Waals surface area contributed by atoms with Gasteiger partial charge in [0.1, 0.15) is 12.7 Å². The van der Waals surface area contributed by atoms with Crippen LogP contribution in [0.1, 0.15) is 11.7 Å². The Morgan fingerprint density at radius 3 is 3.27 bits per heavy atom. The summed E-state index contributed by atoms with van der Waals surface area (Å²) in [5, 5.41) is 9.61. The molecule has 0 aliphatic carbocycles. The molecule has 1 aliphatic rings. The molecule has 0 aromatic carbocycles. The van der Waals surface area contributed by atoms with Crippen LogP contribution in [0.15, 0.2) is 12.3 Å². The molecular weight excluding hydrogens is 166 g/mol. The van der Waals surface area contributed by atoms with Crippen molar-refractivity contribution in [3.8, 4) is 5.75 Å². The lowest BCUT2D eigenvalue weighted by molar-refractivity contribution is 0.140. The average Bonchev–Trinajstić information content (AvgIpc) is 2.35. The second-order valence-corrected chi connectivity index (χ2v) is 2.70. The van der Waals surface area contributed by atoms with Crippen LogP contribution in [0, 0.1) is 0 Å². The number of halogens is 1. The number of hydrogen-bond donors (Lipinski definition) is 1. The largest absolute Gasteiger partial charge is 0.487 e. The molecule has 0 spiro atoms. The summed E-state index contributed by atoms with van der Waals surface area (Å²) in [5.74, 6) is 0.515. The Morgan fingerprint density at radius 1 is 1.73 bits per heavy atom. The average molecular weight is 172 g/mol. The van der Waals surface area contributed by atoms with Gasteiger partial charge in [-0.3, -0.25) is 0 Å². The van der Waals surface area contributed by atoms with Gasteiger partial charge in [0.25, 0.3) is 0 Å². The van der Waals surface area contributed by atoms with Crippen LogP contribution in [-0.2, 0) is 0 Å². The zero-order valence-corrected chi connectivity index (χ0v) is 6.38. The van der Waals surface area contributed by atoms with E-state index in [9.17, 15) is 5.11 Å². The Kier molecular flexibility index (Phi) is 1.47. The van der Waals surface area contributed by atoms with Crippen molar-refractivity contribution in [2.45, 2.75) is 6.10 Å². The van der Waals surface area contributed by atoms with Crippen LogP contribution in [0.25, 0.3) is 0 Å². The van der Waals surface area contributed by atoms with Crippen molar-refractivity contribution in [1.29, 1.82) is 0 Å². The molecule has 0 amide bonds. The lowest BCUT2D eigenvalue weighted by atomic mass is 10.2. The molecule has 1 aliphatic heterocycles. The summed E-state index contributed by atoms with van der Waals surface area (Å²) in [7, 11) is 0. The van der Waals surface area contributed by atoms with Gasteiger partial charge in [-0.25, -0.2) is 4.98 Å². The van der Waals surface area contributed by atoms with E-state index in [0.29, 0.717) is 10.9 Å². The molecule has 2 rings (SSSR count). The highest BCUT2D eigenvalue weighted by Gasteiger charge is 2.24. The van der Waals surface area contributed by atoms with Crippen LogP contribution in [0.4, 0.5) is 0 Å². The Hall–Kier alpha value is -0.800. The van der Waals surface area contributed by atoms with Crippen molar-refractivity contribution in [3.05, 3.63) is 23.0 Å². The van der Waals surface area contributed by atoms with Gasteiger partial charge < -0.3 is 9.84 Å². The lowest BCUT2D eigenvalue weighted by Crippen LogP contribution is -1.97. The zero-order chi connectivity index (χ0) is 7.84. The predicted molar refractivity (Wildman–Crippen MR) is 39.7 cm³/mol. The molecule has 1 aromatic rings. The molecule has 0 radical (unpaired) electrons. The highest BCUT2D eigenvalue weighted by atomic mass is 35.5. The first-order valence-electron chi connectivity index (χ1n) is 3.24. The van der Waals surface area contributed by atoms with Gasteiger partial charge in [0.2, 0.25) is 0 Å². The molecule has 1 N–H and O–H groups in total. The summed E-state index contributed by atoms with van der Waals surface area (Å²) in [6, 6.07) is 1.71. The first kappa shape index (κ1) is 6.88. The van der Waals surface area contributed by atoms with E-state index in [1.165, 1.54) is 0 Å². The summed E-state index contributed by atoms with van der Waals surface area (Å²) >= 11 is 5.69. The maximum Gasteiger partial charge on any atom is 0.171 e. The third-order valence-corrected chi connectivity index (χ3v) is 1.91. The first-order valence-corrected chi connectivity index (χ1v) is 3.62. The Balaban J connectivity index is 2.57. The third-order valence-electron chi connectivity index (χ3n) is 1.64. The van der Waals surface area contributed by atoms with E-state index in [0.717, 1.165) is 5.56 Å². The molecular formula is C7H6ClNO2. The van der Waals surface area contributed by atoms with Gasteiger partial charge in [-0.15, -0.1) is 0 Å². The Bertz CT molecular complexity index is 290. The fraction of sp³-hybridized carbons (Fsp3) is 0.286. The number of aliphatic hydroxyl groups excluding tert-OH is 1. The van der Waals surface area contributed by atoms with Gasteiger partial charge in [0.15, 0.2) is 10.9 Å². The number of rotatable bonds is 0. The molecule has 11 heavy (non-hydrogen) atoms. The van der Waals surface area contributed by atoms with Crippen LogP contribution in [0.3, 0.4) is 0 Å². The molecule has 0 fully saturated rings. The van der Waals surface area contributed by atoms with Crippen LogP contribution in [0.2, 0.25) is 5.15 Å². The molecule has 0 saturated carbocycles. The minimum absolute atomic E-state index is 0.279. The summed E-state index contributed by atoms with van der Waals surface area (Å²) in [4.78, 5) is 3.81. The number of ether oxygens (including phenoxy) is 1. The van der Waals surface area contributed by atoms with Crippen molar-refractivity contribution in [2.24, 2.45) is 0 Å². The zero-order valence-electron chi connectivity index (χ0n) is 5.62. The fourth-order valence-electron chi connectivity index (χ4n) is 1.09. The van der Waals surface area contributed by atoms with Gasteiger partial charge in [-0.2, -0.15) is 0 Å². The van der Waals surface area contributed by atoms with E-state index in [-0.39, 0.29) is 6.61 Å². The number of aromatic nitrogens is 1. The molecule has 0 saturated heterocycles. The van der Waals surface area contributed by atoms with E-state index in [2.05, 4.69) is 4.98 Å². The minimum Gasteiger partial charge on any atom is -0.487 e. The number of hydrogen-bond acceptors (Lipinski definition) is 3. The van der Waals surface area contributed by atoms with Crippen LogP contribution in [-0.4, -0.2) is 16.7 Å². The molecule has 0 bridgehead atoms. The second-order valence-electron chi connectivity index (χ2n) is 2.35. The normalized spacial score (nSPS) is 21.1. The maximum atomic E-state index is 9.29. The van der Waals surface area contributed by atoms with Crippen molar-refractivity contribution < 1.29 is 9.84 Å². The van der Waals surface area contributed by atoms with Gasteiger partial charge in [0, 0.05) is 11.8 Å². The third kappa shape index (κ3) is 0.968. The molecule has 3 nitrogen and oxygen atoms in total. The number of aliphatic hydroxyl groups is 1. The number of pyridine rings is 1. The van der Waals surface area contributed by atoms with E-state index >= 15 is 0 Å². The quantitative estimate of drug-likeness (QED) is 0.596. The molecule has 1 aromatic heterocycles. The maximum absolute atomic E-state index is 9.29. The molecule has 1 atom stereocenters. The molecule has 4 heteroatoms. The van der Waals surface area contributed by atoms with Crippen LogP contribution < -0.4 is 4.74 Å². The standard InChI is InChI=1S/C7H6ClNO2/c8-7-6-4(1-2-9-7)5(10)3-11-6/h1-2,5,10H,3H2. The van der Waals surface area contributed by atoms with Gasteiger partial charge in [-0.05, 0) is 6.07 Å². The summed E-state index contributed by atoms with van der Waals surface area (Å²) < 4.78 is 5.10. The topological polar surface area (TPSA) is 42.4 Å². The van der Waals surface area contributed by atoms with Crippen molar-refractivity contribution in [3.63, 3.8) is 0 Å². The van der Waals surface area contributed by atoms with E-state index < -0.39 is 6.10 Å². The summed E-state index contributed by atoms with van der Waals surface area (Å²) in [6.45, 7) is 0.279. The van der Waals surface area contributed by atoms with Gasteiger partial charge in [-0.1, -0.05) is 11.6 Å². The molecule has 58 valence electrons. The molecule has 2 heterocycles. The number of nitrogens with zero attached hydrogens (tertiary/aromatic N) is 1. The van der Waals surface area contributed by atoms with E-state index in [1.54, 1.807) is 12.3 Å². The SMILES string of the molecule is OC1COc2c1ccnc2Cl. The van der Waals surface area contributed by atoms with Gasteiger partial charge in [0.05, 0.1) is 0 Å². The summed E-state index contributed by atoms with van der Waals surface area (Å²) in [6.07, 6.45) is 1.00. The lowest BCUT2D eigenvalue weighted by Gasteiger charge is -1.98. The Labute approximate surface area is 68.6 Å². The molecule has 1 unspecified atom stereocenters. The minimum atomic E-state index is -0.550. The highest BCUT2D eigenvalue weighted by Crippen LogP contribution is 2.36. The van der Waals surface area contributed by atoms with Crippen LogP contribution >= 0.6 is 11.6 Å². The van der Waals surface area contributed by atoms with E-state index in [1.807, 2.05) is 0 Å². The first-order chi connectivity index (χ1) is 5.29. The summed E-state index contributed by atoms with van der Waals surface area (Å²) in [5.41, 5.74) is 0.727. The van der Waals surface area contributed by atoms with Crippen LogP contribution in [0.5, 0.6) is 5.75 Å². The fourth-order valence-corrected chi connectivity index (χ4v) is 1.31. The van der Waals surface area contributed by atoms with Crippen molar-refractivity contribution >= 4 is 11.6 Å². The predicted octanol–water partition coefficient (Wildman–Crippen LogP) is 1.16. The smallest absolute Gasteiger partial charge is 0.171 e. The Morgan fingerprint density at radius 2 is 2.55 bits per heavy atom. The van der Waals surface area contributed by atoms with Gasteiger partial charge >= 0.3 is 0 Å².